The number of carbonyl (C=O) groups is 1. The van der Waals surface area contributed by atoms with E-state index in [-0.39, 0.29) is 18.9 Å². The number of carboxylic acid groups (broad SMARTS) is 1. The molecule has 0 aromatic carbocycles. The number of ether oxygens (including phenoxy) is 1. The molecule has 1 N–H and O–H groups in total. The van der Waals surface area contributed by atoms with E-state index in [0.29, 0.717) is 0 Å². The third-order valence-corrected chi connectivity index (χ3v) is 2.80. The van der Waals surface area contributed by atoms with Crippen molar-refractivity contribution in [3.05, 3.63) is 5.82 Å². The quantitative estimate of drug-likeness (QED) is 0.757. The molecule has 0 aliphatic carbocycles. The third kappa shape index (κ3) is 4.76. The summed E-state index contributed by atoms with van der Waals surface area (Å²) in [6.07, 6.45) is -4.31. The highest BCUT2D eigenvalue weighted by atomic mass is 19.4. The van der Waals surface area contributed by atoms with Crippen molar-refractivity contribution in [2.45, 2.75) is 32.5 Å². The smallest absolute Gasteiger partial charge is 0.411 e. The molecule has 0 bridgehead atoms. The highest BCUT2D eigenvalue weighted by Crippen LogP contribution is 2.18. The molecule has 0 saturated heterocycles. The minimum atomic E-state index is -4.38. The van der Waals surface area contributed by atoms with Gasteiger partial charge in [0.2, 0.25) is 0 Å². The number of rotatable bonds is 7. The fraction of sp³-hybridized carbons (Fsp3) is 0.800. The van der Waals surface area contributed by atoms with Crippen LogP contribution in [-0.4, -0.2) is 50.7 Å². The third-order valence-electron chi connectivity index (χ3n) is 2.80. The van der Waals surface area contributed by atoms with Crippen LogP contribution < -0.4 is 0 Å². The monoisotopic (exact) mass is 296 g/mol. The van der Waals surface area contributed by atoms with Gasteiger partial charge in [-0.3, -0.25) is 4.79 Å². The van der Waals surface area contributed by atoms with E-state index >= 15 is 0 Å². The molecule has 0 saturated carbocycles. The summed E-state index contributed by atoms with van der Waals surface area (Å²) in [5, 5.41) is 19.6. The van der Waals surface area contributed by atoms with Gasteiger partial charge in [-0.05, 0) is 24.3 Å². The Kier molecular flexibility index (Phi) is 5.43. The van der Waals surface area contributed by atoms with Crippen molar-refractivity contribution in [2.24, 2.45) is 5.92 Å². The standard InChI is InChI=1S/C10H15F3N4O3/c1-6(9(18)19)7(2)17-8(14-15-16-17)3-4-20-5-10(11,12)13/h6-7H,3-5H2,1-2H3,(H,18,19). The van der Waals surface area contributed by atoms with Gasteiger partial charge in [0.15, 0.2) is 5.82 Å². The lowest BCUT2D eigenvalue weighted by molar-refractivity contribution is -0.173. The predicted molar refractivity (Wildman–Crippen MR) is 59.9 cm³/mol. The number of carboxylic acids is 1. The number of hydrogen-bond acceptors (Lipinski definition) is 5. The first-order valence-electron chi connectivity index (χ1n) is 5.86. The predicted octanol–water partition coefficient (Wildman–Crippen LogP) is 1.08. The Bertz CT molecular complexity index is 449. The number of halogens is 3. The summed E-state index contributed by atoms with van der Waals surface area (Å²) in [6.45, 7) is 1.58. The zero-order chi connectivity index (χ0) is 15.3. The van der Waals surface area contributed by atoms with E-state index in [1.54, 1.807) is 6.92 Å². The Morgan fingerprint density at radius 2 is 2.10 bits per heavy atom. The number of hydrogen-bond donors (Lipinski definition) is 1. The molecule has 114 valence electrons. The van der Waals surface area contributed by atoms with Gasteiger partial charge in [0.1, 0.15) is 6.61 Å². The van der Waals surface area contributed by atoms with Crippen LogP contribution in [0.5, 0.6) is 0 Å². The first kappa shape index (κ1) is 16.3. The highest BCUT2D eigenvalue weighted by molar-refractivity contribution is 5.70. The Hall–Kier alpha value is -1.71. The van der Waals surface area contributed by atoms with Crippen molar-refractivity contribution in [3.8, 4) is 0 Å². The molecule has 1 heterocycles. The number of nitrogens with zero attached hydrogens (tertiary/aromatic N) is 4. The van der Waals surface area contributed by atoms with Crippen LogP contribution in [-0.2, 0) is 16.0 Å². The minimum absolute atomic E-state index is 0.0692. The molecule has 0 fully saturated rings. The van der Waals surface area contributed by atoms with Crippen molar-refractivity contribution >= 4 is 5.97 Å². The Balaban J connectivity index is 2.56. The van der Waals surface area contributed by atoms with Crippen LogP contribution in [0.1, 0.15) is 25.7 Å². The fourth-order valence-electron chi connectivity index (χ4n) is 1.46. The molecule has 2 atom stereocenters. The van der Waals surface area contributed by atoms with Gasteiger partial charge in [0.05, 0.1) is 18.6 Å². The molecule has 0 radical (unpaired) electrons. The SMILES string of the molecule is CC(C(=O)O)C(C)n1nnnc1CCOCC(F)(F)F. The van der Waals surface area contributed by atoms with E-state index < -0.39 is 30.7 Å². The lowest BCUT2D eigenvalue weighted by atomic mass is 10.0. The second kappa shape index (κ2) is 6.64. The molecular formula is C10H15F3N4O3. The van der Waals surface area contributed by atoms with Gasteiger partial charge >= 0.3 is 12.1 Å². The molecule has 10 heteroatoms. The molecule has 0 aliphatic heterocycles. The van der Waals surface area contributed by atoms with Crippen LogP contribution >= 0.6 is 0 Å². The zero-order valence-electron chi connectivity index (χ0n) is 11.0. The summed E-state index contributed by atoms with van der Waals surface area (Å²) in [5.41, 5.74) is 0. The van der Waals surface area contributed by atoms with E-state index in [1.807, 2.05) is 0 Å². The van der Waals surface area contributed by atoms with Gasteiger partial charge in [-0.1, -0.05) is 0 Å². The second-order valence-electron chi connectivity index (χ2n) is 4.32. The lowest BCUT2D eigenvalue weighted by Crippen LogP contribution is -2.25. The highest BCUT2D eigenvalue weighted by Gasteiger charge is 2.28. The first-order chi connectivity index (χ1) is 9.22. The van der Waals surface area contributed by atoms with Crippen molar-refractivity contribution in [1.82, 2.24) is 20.2 Å². The Morgan fingerprint density at radius 3 is 2.65 bits per heavy atom. The van der Waals surface area contributed by atoms with Gasteiger partial charge < -0.3 is 9.84 Å². The molecule has 1 aromatic rings. The van der Waals surface area contributed by atoms with E-state index in [9.17, 15) is 18.0 Å². The molecule has 7 nitrogen and oxygen atoms in total. The van der Waals surface area contributed by atoms with Crippen LogP contribution in [0.25, 0.3) is 0 Å². The summed E-state index contributed by atoms with van der Waals surface area (Å²) >= 11 is 0. The Labute approximate surface area is 112 Å². The van der Waals surface area contributed by atoms with Crippen molar-refractivity contribution in [1.29, 1.82) is 0 Å². The normalized spacial score (nSPS) is 15.1. The molecule has 0 aliphatic rings. The van der Waals surface area contributed by atoms with Crippen LogP contribution in [0.3, 0.4) is 0 Å². The van der Waals surface area contributed by atoms with E-state index in [0.717, 1.165) is 0 Å². The maximum Gasteiger partial charge on any atom is 0.411 e. The number of alkyl halides is 3. The summed E-state index contributed by atoms with van der Waals surface area (Å²) in [4.78, 5) is 10.9. The molecule has 1 rings (SSSR count). The molecule has 20 heavy (non-hydrogen) atoms. The first-order valence-corrected chi connectivity index (χ1v) is 5.86. The number of aliphatic carboxylic acids is 1. The molecular weight excluding hydrogens is 281 g/mol. The lowest BCUT2D eigenvalue weighted by Gasteiger charge is -2.17. The summed E-state index contributed by atoms with van der Waals surface area (Å²) < 4.78 is 41.4. The molecule has 0 amide bonds. The summed E-state index contributed by atoms with van der Waals surface area (Å²) in [7, 11) is 0. The largest absolute Gasteiger partial charge is 0.481 e. The zero-order valence-corrected chi connectivity index (χ0v) is 11.0. The van der Waals surface area contributed by atoms with Crippen LogP contribution in [0, 0.1) is 5.92 Å². The fourth-order valence-corrected chi connectivity index (χ4v) is 1.46. The average Bonchev–Trinajstić information content (AvgIpc) is 2.79. The number of aromatic nitrogens is 4. The average molecular weight is 296 g/mol. The number of tetrazole rings is 1. The van der Waals surface area contributed by atoms with Gasteiger partial charge in [-0.15, -0.1) is 5.10 Å². The van der Waals surface area contributed by atoms with Crippen molar-refractivity contribution in [2.75, 3.05) is 13.2 Å². The van der Waals surface area contributed by atoms with E-state index in [4.69, 9.17) is 5.11 Å². The minimum Gasteiger partial charge on any atom is -0.481 e. The van der Waals surface area contributed by atoms with Gasteiger partial charge in [-0.2, -0.15) is 13.2 Å². The van der Waals surface area contributed by atoms with E-state index in [2.05, 4.69) is 20.3 Å². The van der Waals surface area contributed by atoms with Crippen LogP contribution in [0.2, 0.25) is 0 Å². The maximum absolute atomic E-state index is 11.9. The maximum atomic E-state index is 11.9. The van der Waals surface area contributed by atoms with Gasteiger partial charge in [0.25, 0.3) is 0 Å². The topological polar surface area (TPSA) is 90.1 Å². The second-order valence-corrected chi connectivity index (χ2v) is 4.32. The summed E-state index contributed by atoms with van der Waals surface area (Å²) in [6, 6.07) is -0.514. The molecule has 2 unspecified atom stereocenters. The van der Waals surface area contributed by atoms with Crippen molar-refractivity contribution < 1.29 is 27.8 Å². The van der Waals surface area contributed by atoms with Gasteiger partial charge in [-0.25, -0.2) is 4.68 Å². The molecule has 0 spiro atoms. The van der Waals surface area contributed by atoms with Crippen LogP contribution in [0.15, 0.2) is 0 Å². The Morgan fingerprint density at radius 1 is 1.45 bits per heavy atom. The summed E-state index contributed by atoms with van der Waals surface area (Å²) in [5.74, 6) is -1.45. The van der Waals surface area contributed by atoms with Crippen molar-refractivity contribution in [3.63, 3.8) is 0 Å². The van der Waals surface area contributed by atoms with Crippen LogP contribution in [0.4, 0.5) is 13.2 Å². The molecule has 1 aromatic heterocycles. The van der Waals surface area contributed by atoms with E-state index in [1.165, 1.54) is 11.6 Å². The van der Waals surface area contributed by atoms with Gasteiger partial charge in [0, 0.05) is 6.42 Å².